The van der Waals surface area contributed by atoms with E-state index in [0.717, 1.165) is 25.7 Å². The summed E-state index contributed by atoms with van der Waals surface area (Å²) in [6, 6.07) is 0. The van der Waals surface area contributed by atoms with Crippen molar-refractivity contribution in [2.45, 2.75) is 64.1 Å². The van der Waals surface area contributed by atoms with Crippen LogP contribution in [0.25, 0.3) is 0 Å². The van der Waals surface area contributed by atoms with Crippen molar-refractivity contribution in [2.24, 2.45) is 0 Å². The Labute approximate surface area is 162 Å². The van der Waals surface area contributed by atoms with Crippen molar-refractivity contribution in [1.82, 2.24) is 0 Å². The SMILES string of the molecule is CCCCCCCCC(=O)C(C[N+](C)(C)C)OP(=O)([O-])OC[C@@H](CO)OO. The summed E-state index contributed by atoms with van der Waals surface area (Å²) in [6.07, 6.45) is 3.99. The Morgan fingerprint density at radius 1 is 1.15 bits per heavy atom. The number of phosphoric acid groups is 1. The lowest BCUT2D eigenvalue weighted by Crippen LogP contribution is -2.45. The van der Waals surface area contributed by atoms with Gasteiger partial charge in [0.05, 0.1) is 34.4 Å². The van der Waals surface area contributed by atoms with E-state index in [2.05, 4.69) is 16.3 Å². The molecule has 0 aromatic carbocycles. The van der Waals surface area contributed by atoms with Gasteiger partial charge in [-0.15, -0.1) is 0 Å². The van der Waals surface area contributed by atoms with Gasteiger partial charge >= 0.3 is 0 Å². The van der Waals surface area contributed by atoms with E-state index in [4.69, 9.17) is 14.9 Å². The maximum atomic E-state index is 12.5. The van der Waals surface area contributed by atoms with Gasteiger partial charge in [0.25, 0.3) is 7.82 Å². The van der Waals surface area contributed by atoms with E-state index in [1.165, 1.54) is 6.42 Å². The predicted molar refractivity (Wildman–Crippen MR) is 98.9 cm³/mol. The molecular weight excluding hydrogens is 377 g/mol. The number of nitrogens with zero attached hydrogens (tertiary/aromatic N) is 1. The fourth-order valence-electron chi connectivity index (χ4n) is 2.41. The quantitative estimate of drug-likeness (QED) is 0.121. The fourth-order valence-corrected chi connectivity index (χ4v) is 3.31. The minimum Gasteiger partial charge on any atom is -0.756 e. The summed E-state index contributed by atoms with van der Waals surface area (Å²) in [4.78, 5) is 28.4. The molecule has 0 aromatic heterocycles. The van der Waals surface area contributed by atoms with Crippen LogP contribution in [0.4, 0.5) is 0 Å². The van der Waals surface area contributed by atoms with Crippen molar-refractivity contribution in [3.63, 3.8) is 0 Å². The van der Waals surface area contributed by atoms with Crippen LogP contribution in [0.15, 0.2) is 0 Å². The van der Waals surface area contributed by atoms with Gasteiger partial charge in [-0.25, -0.2) is 4.89 Å². The fraction of sp³-hybridized carbons (Fsp3) is 0.941. The van der Waals surface area contributed by atoms with Gasteiger partial charge in [0.2, 0.25) is 0 Å². The molecule has 0 heterocycles. The van der Waals surface area contributed by atoms with Gasteiger partial charge in [0.15, 0.2) is 11.9 Å². The van der Waals surface area contributed by atoms with Crippen molar-refractivity contribution in [3.05, 3.63) is 0 Å². The van der Waals surface area contributed by atoms with Crippen molar-refractivity contribution in [1.29, 1.82) is 0 Å². The highest BCUT2D eigenvalue weighted by Crippen LogP contribution is 2.40. The molecule has 27 heavy (non-hydrogen) atoms. The zero-order chi connectivity index (χ0) is 20.9. The third-order valence-electron chi connectivity index (χ3n) is 3.88. The zero-order valence-electron chi connectivity index (χ0n) is 17.0. The summed E-state index contributed by atoms with van der Waals surface area (Å²) in [5.41, 5.74) is 0. The Kier molecular flexibility index (Phi) is 13.5. The molecule has 2 N–H and O–H groups in total. The van der Waals surface area contributed by atoms with E-state index in [9.17, 15) is 14.3 Å². The third kappa shape index (κ3) is 14.3. The summed E-state index contributed by atoms with van der Waals surface area (Å²) in [6.45, 7) is 1.06. The number of likely N-dealkylation sites (N-methyl/N-ethyl adjacent to an activating group) is 1. The van der Waals surface area contributed by atoms with Crippen LogP contribution in [0.1, 0.15) is 51.9 Å². The maximum Gasteiger partial charge on any atom is 0.268 e. The van der Waals surface area contributed by atoms with Crippen LogP contribution in [0, 0.1) is 0 Å². The Morgan fingerprint density at radius 2 is 1.74 bits per heavy atom. The molecule has 2 unspecified atom stereocenters. The summed E-state index contributed by atoms with van der Waals surface area (Å²) < 4.78 is 22.0. The van der Waals surface area contributed by atoms with Gasteiger partial charge < -0.3 is 23.5 Å². The van der Waals surface area contributed by atoms with Gasteiger partial charge in [0, 0.05) is 6.42 Å². The lowest BCUT2D eigenvalue weighted by Gasteiger charge is -2.32. The Morgan fingerprint density at radius 3 is 2.26 bits per heavy atom. The highest BCUT2D eigenvalue weighted by molar-refractivity contribution is 7.45. The number of rotatable bonds is 17. The minimum atomic E-state index is -4.81. The Bertz CT molecular complexity index is 451. The monoisotopic (exact) mass is 413 g/mol. The molecule has 0 rings (SSSR count). The summed E-state index contributed by atoms with van der Waals surface area (Å²) >= 11 is 0. The number of aliphatic hydroxyl groups excluding tert-OH is 1. The molecule has 0 aromatic rings. The lowest BCUT2D eigenvalue weighted by molar-refractivity contribution is -0.872. The first-order valence-electron chi connectivity index (χ1n) is 9.43. The number of quaternary nitrogens is 1. The molecule has 9 nitrogen and oxygen atoms in total. The molecular formula is C17H36NO8P. The van der Waals surface area contributed by atoms with Crippen molar-refractivity contribution in [2.75, 3.05) is 40.9 Å². The second-order valence-electron chi connectivity index (χ2n) is 7.70. The summed E-state index contributed by atoms with van der Waals surface area (Å²) in [5, 5.41) is 17.4. The molecule has 0 amide bonds. The molecule has 0 bridgehead atoms. The van der Waals surface area contributed by atoms with E-state index < -0.39 is 33.2 Å². The summed E-state index contributed by atoms with van der Waals surface area (Å²) in [5.74, 6) is -0.282. The topological polar surface area (TPSA) is 125 Å². The third-order valence-corrected chi connectivity index (χ3v) is 4.85. The molecule has 0 fully saturated rings. The van der Waals surface area contributed by atoms with Crippen molar-refractivity contribution >= 4 is 13.6 Å². The predicted octanol–water partition coefficient (Wildman–Crippen LogP) is 1.73. The number of aliphatic hydroxyl groups is 1. The van der Waals surface area contributed by atoms with Crippen LogP contribution in [-0.2, 0) is 23.3 Å². The molecule has 0 aliphatic rings. The molecule has 0 spiro atoms. The van der Waals surface area contributed by atoms with Crippen LogP contribution in [-0.4, -0.2) is 73.7 Å². The van der Waals surface area contributed by atoms with Gasteiger partial charge in [-0.3, -0.25) is 14.6 Å². The molecule has 0 aliphatic carbocycles. The Balaban J connectivity index is 4.69. The number of hydrogen-bond donors (Lipinski definition) is 2. The van der Waals surface area contributed by atoms with Crippen LogP contribution >= 0.6 is 7.82 Å². The van der Waals surface area contributed by atoms with Crippen LogP contribution < -0.4 is 4.89 Å². The van der Waals surface area contributed by atoms with Crippen LogP contribution in [0.5, 0.6) is 0 Å². The van der Waals surface area contributed by atoms with E-state index in [0.29, 0.717) is 10.9 Å². The Hall–Kier alpha value is -0.380. The lowest BCUT2D eigenvalue weighted by atomic mass is 10.0. The number of phosphoric ester groups is 1. The first-order valence-corrected chi connectivity index (χ1v) is 10.9. The van der Waals surface area contributed by atoms with Gasteiger partial charge in [-0.1, -0.05) is 39.0 Å². The minimum absolute atomic E-state index is 0.171. The smallest absolute Gasteiger partial charge is 0.268 e. The zero-order valence-corrected chi connectivity index (χ0v) is 17.9. The van der Waals surface area contributed by atoms with E-state index in [1.54, 1.807) is 0 Å². The number of unbranched alkanes of at least 4 members (excludes halogenated alkanes) is 5. The molecule has 0 saturated heterocycles. The average Bonchev–Trinajstić information content (AvgIpc) is 2.56. The van der Waals surface area contributed by atoms with Crippen molar-refractivity contribution < 1.29 is 43.0 Å². The molecule has 3 atom stereocenters. The standard InChI is InChI=1S/C17H36NO8P/c1-5-6-7-8-9-10-11-16(20)17(12-18(2,3)4)26-27(22,23)24-14-15(13-19)25-21/h15,17,19H,5-14H2,1-4H3,(H-,21,22,23)/t15-,17?/m1/s1. The van der Waals surface area contributed by atoms with Crippen molar-refractivity contribution in [3.8, 4) is 0 Å². The second-order valence-corrected chi connectivity index (χ2v) is 9.07. The number of carbonyl (C=O) groups excluding carboxylic acids is 1. The first kappa shape index (κ1) is 26.6. The maximum absolute atomic E-state index is 12.5. The van der Waals surface area contributed by atoms with Crippen LogP contribution in [0.3, 0.4) is 0 Å². The number of Topliss-reactive ketones (excluding diaryl/α,β-unsaturated/α-hetero) is 1. The molecule has 162 valence electrons. The molecule has 0 radical (unpaired) electrons. The highest BCUT2D eigenvalue weighted by atomic mass is 31.2. The van der Waals surface area contributed by atoms with Crippen LogP contribution in [0.2, 0.25) is 0 Å². The highest BCUT2D eigenvalue weighted by Gasteiger charge is 2.30. The van der Waals surface area contributed by atoms with E-state index >= 15 is 0 Å². The van der Waals surface area contributed by atoms with Gasteiger partial charge in [-0.05, 0) is 6.42 Å². The van der Waals surface area contributed by atoms with E-state index in [-0.39, 0.29) is 18.7 Å². The number of carbonyl (C=O) groups is 1. The average molecular weight is 413 g/mol. The number of hydrogen-bond acceptors (Lipinski definition) is 8. The van der Waals surface area contributed by atoms with Gasteiger partial charge in [-0.2, -0.15) is 0 Å². The van der Waals surface area contributed by atoms with Gasteiger partial charge in [0.1, 0.15) is 12.6 Å². The first-order chi connectivity index (χ1) is 12.5. The second kappa shape index (κ2) is 13.7. The molecule has 10 heteroatoms. The van der Waals surface area contributed by atoms with E-state index in [1.807, 2.05) is 21.1 Å². The largest absolute Gasteiger partial charge is 0.756 e. The molecule has 0 aliphatic heterocycles. The molecule has 0 saturated carbocycles. The summed E-state index contributed by atoms with van der Waals surface area (Å²) in [7, 11) is 0.672. The normalized spacial score (nSPS) is 16.7. The number of ketones is 1.